The molecule has 32 heavy (non-hydrogen) atoms. The highest BCUT2D eigenvalue weighted by molar-refractivity contribution is 6.09. The summed E-state index contributed by atoms with van der Waals surface area (Å²) in [6.07, 6.45) is -0.902. The molecule has 1 heterocycles. The van der Waals surface area contributed by atoms with Crippen molar-refractivity contribution in [2.24, 2.45) is 0 Å². The second-order valence-electron chi connectivity index (χ2n) is 7.48. The lowest BCUT2D eigenvalue weighted by molar-refractivity contribution is -0.488. The third-order valence-corrected chi connectivity index (χ3v) is 5.34. The molecule has 0 spiro atoms. The van der Waals surface area contributed by atoms with Crippen molar-refractivity contribution in [3.8, 4) is 0 Å². The largest absolute Gasteiger partial charge is 0.445 e. The fourth-order valence-corrected chi connectivity index (χ4v) is 3.89. The quantitative estimate of drug-likeness (QED) is 0.455. The number of benzene rings is 3. The molecule has 0 bridgehead atoms. The molecular formula is C24H21N3O5. The number of fused-ring (bicyclic) bond motifs is 1. The maximum Gasteiger partial charge on any atom is 0.408 e. The minimum absolute atomic E-state index is 0.0230. The molecule has 0 saturated heterocycles. The van der Waals surface area contributed by atoms with Gasteiger partial charge in [0.25, 0.3) is 5.91 Å². The van der Waals surface area contributed by atoms with Crippen LogP contribution in [0.5, 0.6) is 0 Å². The Morgan fingerprint density at radius 3 is 2.19 bits per heavy atom. The number of para-hydroxylation sites is 1. The van der Waals surface area contributed by atoms with E-state index in [-0.39, 0.29) is 13.2 Å². The summed E-state index contributed by atoms with van der Waals surface area (Å²) in [7, 11) is 0. The van der Waals surface area contributed by atoms with Crippen LogP contribution < -0.4 is 10.2 Å². The van der Waals surface area contributed by atoms with Crippen LogP contribution in [0.2, 0.25) is 0 Å². The van der Waals surface area contributed by atoms with E-state index < -0.39 is 29.0 Å². The van der Waals surface area contributed by atoms with Crippen LogP contribution in [0.3, 0.4) is 0 Å². The Morgan fingerprint density at radius 1 is 0.938 bits per heavy atom. The molecule has 3 aromatic carbocycles. The lowest BCUT2D eigenvalue weighted by atomic mass is 9.91. The smallest absolute Gasteiger partial charge is 0.408 e. The average Bonchev–Trinajstić information content (AvgIpc) is 3.01. The Morgan fingerprint density at radius 2 is 1.53 bits per heavy atom. The topological polar surface area (TPSA) is 102 Å². The number of hydrogen-bond acceptors (Lipinski definition) is 5. The highest BCUT2D eigenvalue weighted by atomic mass is 16.6. The van der Waals surface area contributed by atoms with Gasteiger partial charge in [-0.05, 0) is 17.2 Å². The number of rotatable bonds is 7. The van der Waals surface area contributed by atoms with E-state index in [9.17, 15) is 19.7 Å². The first-order chi connectivity index (χ1) is 15.5. The van der Waals surface area contributed by atoms with Crippen LogP contribution in [0, 0.1) is 10.1 Å². The third-order valence-electron chi connectivity index (χ3n) is 5.34. The van der Waals surface area contributed by atoms with Crippen molar-refractivity contribution in [1.82, 2.24) is 5.32 Å². The van der Waals surface area contributed by atoms with Crippen molar-refractivity contribution in [2.45, 2.75) is 18.7 Å². The van der Waals surface area contributed by atoms with Crippen molar-refractivity contribution in [1.29, 1.82) is 0 Å². The molecule has 2 amide bonds. The van der Waals surface area contributed by atoms with E-state index in [2.05, 4.69) is 5.32 Å². The summed E-state index contributed by atoms with van der Waals surface area (Å²) < 4.78 is 5.27. The minimum atomic E-state index is -1.86. The van der Waals surface area contributed by atoms with Gasteiger partial charge in [0.2, 0.25) is 12.1 Å². The van der Waals surface area contributed by atoms with Crippen LogP contribution in [0.1, 0.15) is 16.7 Å². The Kier molecular flexibility index (Phi) is 5.85. The fourth-order valence-electron chi connectivity index (χ4n) is 3.89. The van der Waals surface area contributed by atoms with Gasteiger partial charge < -0.3 is 9.64 Å². The molecule has 8 nitrogen and oxygen atoms in total. The molecule has 162 valence electrons. The Balaban J connectivity index is 1.64. The molecule has 0 unspecified atom stereocenters. The van der Waals surface area contributed by atoms with Gasteiger partial charge in [-0.2, -0.15) is 0 Å². The molecule has 1 N–H and O–H groups in total. The summed E-state index contributed by atoms with van der Waals surface area (Å²) in [5, 5.41) is 14.1. The van der Waals surface area contributed by atoms with Crippen LogP contribution in [-0.2, 0) is 28.2 Å². The van der Waals surface area contributed by atoms with Crippen LogP contribution in [0.4, 0.5) is 10.5 Å². The van der Waals surface area contributed by atoms with Crippen LogP contribution >= 0.6 is 0 Å². The van der Waals surface area contributed by atoms with E-state index in [1.54, 1.807) is 36.4 Å². The average molecular weight is 431 g/mol. The molecule has 4 rings (SSSR count). The molecule has 3 aromatic rings. The van der Waals surface area contributed by atoms with Crippen molar-refractivity contribution in [3.05, 3.63) is 112 Å². The summed E-state index contributed by atoms with van der Waals surface area (Å²) in [5.74, 6) is -0.573. The number of nitrogens with one attached hydrogen (secondary N) is 1. The zero-order valence-electron chi connectivity index (χ0n) is 17.1. The number of nitro groups is 1. The number of carbonyl (C=O) groups is 2. The fraction of sp³-hybridized carbons (Fsp3) is 0.167. The predicted octanol–water partition coefficient (Wildman–Crippen LogP) is 3.63. The van der Waals surface area contributed by atoms with Gasteiger partial charge in [-0.25, -0.2) is 4.79 Å². The zero-order valence-corrected chi connectivity index (χ0v) is 17.1. The van der Waals surface area contributed by atoms with E-state index in [1.165, 1.54) is 4.90 Å². The van der Waals surface area contributed by atoms with Crippen molar-refractivity contribution in [2.75, 3.05) is 11.4 Å². The molecule has 0 saturated carbocycles. The monoisotopic (exact) mass is 431 g/mol. The lowest BCUT2D eigenvalue weighted by Crippen LogP contribution is -2.57. The van der Waals surface area contributed by atoms with E-state index in [0.29, 0.717) is 11.3 Å². The number of anilines is 1. The molecular weight excluding hydrogens is 410 g/mol. The van der Waals surface area contributed by atoms with Crippen LogP contribution in [0.15, 0.2) is 84.9 Å². The third kappa shape index (κ3) is 4.15. The molecule has 1 atom stereocenters. The molecule has 0 aliphatic carbocycles. The normalized spacial score (nSPS) is 17.0. The highest BCUT2D eigenvalue weighted by Crippen LogP contribution is 2.41. The number of nitrogens with zero attached hydrogens (tertiary/aromatic N) is 2. The van der Waals surface area contributed by atoms with E-state index in [4.69, 9.17) is 4.74 Å². The maximum atomic E-state index is 13.6. The molecule has 8 heteroatoms. The zero-order chi connectivity index (χ0) is 22.6. The van der Waals surface area contributed by atoms with Crippen molar-refractivity contribution in [3.63, 3.8) is 0 Å². The van der Waals surface area contributed by atoms with Crippen molar-refractivity contribution >= 4 is 17.7 Å². The Bertz CT molecular complexity index is 1140. The van der Waals surface area contributed by atoms with Gasteiger partial charge in [-0.15, -0.1) is 0 Å². The molecule has 1 aliphatic heterocycles. The van der Waals surface area contributed by atoms with E-state index in [1.807, 2.05) is 48.5 Å². The summed E-state index contributed by atoms with van der Waals surface area (Å²) in [6.45, 7) is -0.601. The Labute approximate surface area is 184 Å². The number of carbonyl (C=O) groups excluding carboxylic acids is 2. The van der Waals surface area contributed by atoms with Gasteiger partial charge in [0.1, 0.15) is 6.61 Å². The predicted molar refractivity (Wildman–Crippen MR) is 117 cm³/mol. The van der Waals surface area contributed by atoms with Gasteiger partial charge in [0.15, 0.2) is 0 Å². The number of alkyl carbamates (subject to hydrolysis) is 1. The van der Waals surface area contributed by atoms with E-state index >= 15 is 0 Å². The molecule has 0 aromatic heterocycles. The van der Waals surface area contributed by atoms with Gasteiger partial charge in [0.05, 0.1) is 12.2 Å². The minimum Gasteiger partial charge on any atom is -0.445 e. The summed E-state index contributed by atoms with van der Waals surface area (Å²) in [5.41, 5.74) is 0.651. The number of amides is 2. The van der Waals surface area contributed by atoms with Gasteiger partial charge in [0, 0.05) is 10.5 Å². The molecule has 0 fully saturated rings. The first kappa shape index (κ1) is 21.0. The molecule has 0 radical (unpaired) electrons. The number of ether oxygens (including phenoxy) is 1. The SMILES string of the molecule is O=C(N[C@]1(C[N+](=O)[O-])C(=O)N(Cc2ccccc2)c2ccccc21)OCc1ccccc1. The second-order valence-corrected chi connectivity index (χ2v) is 7.48. The maximum absolute atomic E-state index is 13.6. The van der Waals surface area contributed by atoms with Gasteiger partial charge >= 0.3 is 6.09 Å². The van der Waals surface area contributed by atoms with Crippen molar-refractivity contribution < 1.29 is 19.2 Å². The molecule has 1 aliphatic rings. The Hall–Kier alpha value is -4.20. The van der Waals surface area contributed by atoms with E-state index in [0.717, 1.165) is 11.1 Å². The summed E-state index contributed by atoms with van der Waals surface area (Å²) in [6, 6.07) is 25.1. The second kappa shape index (κ2) is 8.89. The van der Waals surface area contributed by atoms with Gasteiger partial charge in [-0.1, -0.05) is 78.9 Å². The standard InChI is InChI=1S/C24H21N3O5/c28-22-24(17-27(30)31,25-23(29)32-16-19-11-5-2-6-12-19)20-13-7-8-14-21(20)26(22)15-18-9-3-1-4-10-18/h1-14H,15-17H2,(H,25,29)/t24-/m0/s1. The number of hydrogen-bond donors (Lipinski definition) is 1. The lowest BCUT2D eigenvalue weighted by Gasteiger charge is -2.26. The summed E-state index contributed by atoms with van der Waals surface area (Å²) >= 11 is 0. The van der Waals surface area contributed by atoms with Crippen LogP contribution in [0.25, 0.3) is 0 Å². The summed E-state index contributed by atoms with van der Waals surface area (Å²) in [4.78, 5) is 38.7. The van der Waals surface area contributed by atoms with Crippen LogP contribution in [-0.4, -0.2) is 23.5 Å². The first-order valence-electron chi connectivity index (χ1n) is 10.1. The first-order valence-corrected chi connectivity index (χ1v) is 10.1. The highest BCUT2D eigenvalue weighted by Gasteiger charge is 2.56. The van der Waals surface area contributed by atoms with Gasteiger partial charge in [-0.3, -0.25) is 20.2 Å².